The van der Waals surface area contributed by atoms with Crippen molar-refractivity contribution in [1.29, 1.82) is 5.41 Å². The number of amides is 2. The Labute approximate surface area is 247 Å². The molecule has 41 heavy (non-hydrogen) atoms. The second-order valence-corrected chi connectivity index (χ2v) is 12.4. The highest BCUT2D eigenvalue weighted by molar-refractivity contribution is 6.47. The Morgan fingerprint density at radius 1 is 1.22 bits per heavy atom. The molecule has 4 N–H and O–H groups in total. The number of hydrogen-bond donors (Lipinski definition) is 3. The molecular weight excluding hydrogens is 541 g/mol. The highest BCUT2D eigenvalue weighted by Gasteiger charge is 2.52. The van der Waals surface area contributed by atoms with Crippen LogP contribution in [-0.4, -0.2) is 40.5 Å². The average Bonchev–Trinajstić information content (AvgIpc) is 3.23. The quantitative estimate of drug-likeness (QED) is 0.216. The van der Waals surface area contributed by atoms with Crippen molar-refractivity contribution in [2.24, 2.45) is 22.1 Å². The molecule has 2 amide bonds. The van der Waals surface area contributed by atoms with Crippen molar-refractivity contribution >= 4 is 35.0 Å². The molecule has 0 radical (unpaired) electrons. The Hall–Kier alpha value is -3.26. The van der Waals surface area contributed by atoms with Crippen molar-refractivity contribution in [3.8, 4) is 0 Å². The lowest BCUT2D eigenvalue weighted by Crippen LogP contribution is -2.51. The fraction of sp³-hybridized carbons (Fsp3) is 0.500. The topological polar surface area (TPSA) is 112 Å². The fourth-order valence-corrected chi connectivity index (χ4v) is 6.41. The largest absolute Gasteiger partial charge is 0.386 e. The zero-order chi connectivity index (χ0) is 29.9. The molecule has 220 valence electrons. The lowest BCUT2D eigenvalue weighted by Gasteiger charge is -2.48. The molecule has 1 atom stereocenters. The summed E-state index contributed by atoms with van der Waals surface area (Å²) in [6.45, 7) is 8.93. The third-order valence-corrected chi connectivity index (χ3v) is 9.35. The van der Waals surface area contributed by atoms with E-state index in [4.69, 9.17) is 27.7 Å². The van der Waals surface area contributed by atoms with E-state index in [1.165, 1.54) is 12.1 Å². The molecular formula is C32H41ClFN5O2. The van der Waals surface area contributed by atoms with Crippen LogP contribution in [0.15, 0.2) is 47.5 Å². The lowest BCUT2D eigenvalue weighted by atomic mass is 9.67. The molecule has 1 spiro atoms. The van der Waals surface area contributed by atoms with Gasteiger partial charge in [-0.15, -0.1) is 0 Å². The van der Waals surface area contributed by atoms with Crippen LogP contribution < -0.4 is 11.1 Å². The number of nitrogens with one attached hydrogen (secondary N) is 2. The molecule has 0 saturated heterocycles. The Kier molecular flexibility index (Phi) is 9.22. The van der Waals surface area contributed by atoms with E-state index in [1.54, 1.807) is 18.2 Å². The van der Waals surface area contributed by atoms with E-state index < -0.39 is 11.5 Å². The summed E-state index contributed by atoms with van der Waals surface area (Å²) in [4.78, 5) is 33.9. The van der Waals surface area contributed by atoms with Gasteiger partial charge in [0.2, 0.25) is 0 Å². The first kappa shape index (κ1) is 30.7. The summed E-state index contributed by atoms with van der Waals surface area (Å²) in [7, 11) is 0. The number of rotatable bonds is 10. The van der Waals surface area contributed by atoms with Crippen LogP contribution in [0.1, 0.15) is 100 Å². The van der Waals surface area contributed by atoms with E-state index in [-0.39, 0.29) is 40.7 Å². The zero-order valence-electron chi connectivity index (χ0n) is 24.4. The van der Waals surface area contributed by atoms with Crippen LogP contribution in [0.2, 0.25) is 5.02 Å². The number of nitrogens with zero attached hydrogens (tertiary/aromatic N) is 2. The van der Waals surface area contributed by atoms with E-state index in [1.807, 2.05) is 17.0 Å². The van der Waals surface area contributed by atoms with E-state index >= 15 is 0 Å². The molecule has 1 saturated carbocycles. The number of amidine groups is 1. The van der Waals surface area contributed by atoms with Gasteiger partial charge in [-0.3, -0.25) is 20.0 Å². The number of halogens is 2. The van der Waals surface area contributed by atoms with Crippen LogP contribution in [-0.2, 0) is 4.79 Å². The Morgan fingerprint density at radius 2 is 1.88 bits per heavy atom. The molecule has 2 aliphatic rings. The summed E-state index contributed by atoms with van der Waals surface area (Å²) in [6.07, 6.45) is 6.06. The molecule has 1 unspecified atom stereocenters. The molecule has 1 aliphatic heterocycles. The van der Waals surface area contributed by atoms with Gasteiger partial charge in [0, 0.05) is 11.1 Å². The smallest absolute Gasteiger partial charge is 0.275 e. The first-order valence-electron chi connectivity index (χ1n) is 14.5. The lowest BCUT2D eigenvalue weighted by molar-refractivity contribution is -0.133. The van der Waals surface area contributed by atoms with Gasteiger partial charge < -0.3 is 16.0 Å². The van der Waals surface area contributed by atoms with Gasteiger partial charge in [0.05, 0.1) is 17.6 Å². The van der Waals surface area contributed by atoms with Gasteiger partial charge >= 0.3 is 0 Å². The molecule has 1 heterocycles. The minimum absolute atomic E-state index is 0.0206. The molecule has 2 aromatic rings. The minimum Gasteiger partial charge on any atom is -0.386 e. The highest BCUT2D eigenvalue weighted by atomic mass is 35.5. The van der Waals surface area contributed by atoms with Gasteiger partial charge in [-0.05, 0) is 79.3 Å². The SMILES string of the molecule is CCCC(c1ccc(C(=O)NCC(=N)N)cc1)N1C(=O)C(c2ccc(F)c(Cl)c2)=NC12CCC(C(C)(C)CC)CC2. The predicted molar refractivity (Wildman–Crippen MR) is 162 cm³/mol. The Bertz CT molecular complexity index is 1330. The van der Waals surface area contributed by atoms with Gasteiger partial charge in [-0.25, -0.2) is 4.39 Å². The maximum Gasteiger partial charge on any atom is 0.275 e. The zero-order valence-corrected chi connectivity index (χ0v) is 25.2. The molecule has 2 aromatic carbocycles. The number of carbonyl (C=O) groups is 2. The number of hydrogen-bond acceptors (Lipinski definition) is 4. The van der Waals surface area contributed by atoms with Crippen LogP contribution in [0, 0.1) is 22.6 Å². The molecule has 0 bridgehead atoms. The molecule has 1 fully saturated rings. The van der Waals surface area contributed by atoms with Crippen LogP contribution in [0.25, 0.3) is 0 Å². The molecule has 1 aliphatic carbocycles. The normalized spacial score (nSPS) is 21.6. The van der Waals surface area contributed by atoms with Gasteiger partial charge in [0.1, 0.15) is 23.0 Å². The first-order valence-corrected chi connectivity index (χ1v) is 14.9. The Balaban J connectivity index is 1.72. The van der Waals surface area contributed by atoms with Crippen molar-refractivity contribution in [1.82, 2.24) is 10.2 Å². The molecule has 9 heteroatoms. The summed E-state index contributed by atoms with van der Waals surface area (Å²) in [6, 6.07) is 11.3. The first-order chi connectivity index (χ1) is 19.4. The van der Waals surface area contributed by atoms with Gasteiger partial charge in [0.15, 0.2) is 0 Å². The highest BCUT2D eigenvalue weighted by Crippen LogP contribution is 2.50. The summed E-state index contributed by atoms with van der Waals surface area (Å²) >= 11 is 6.12. The van der Waals surface area contributed by atoms with Crippen molar-refractivity contribution in [2.75, 3.05) is 6.54 Å². The second-order valence-electron chi connectivity index (χ2n) is 12.0. The summed E-state index contributed by atoms with van der Waals surface area (Å²) in [5, 5.41) is 9.93. The van der Waals surface area contributed by atoms with Crippen molar-refractivity contribution in [3.63, 3.8) is 0 Å². The van der Waals surface area contributed by atoms with E-state index in [9.17, 15) is 14.0 Å². The number of nitrogens with two attached hydrogens (primary N) is 1. The summed E-state index contributed by atoms with van der Waals surface area (Å²) < 4.78 is 14.0. The summed E-state index contributed by atoms with van der Waals surface area (Å²) in [5.74, 6) is -0.615. The number of aliphatic imine (C=N–C) groups is 1. The monoisotopic (exact) mass is 581 g/mol. The third kappa shape index (κ3) is 6.32. The maximum atomic E-state index is 14.3. The van der Waals surface area contributed by atoms with E-state index in [0.717, 1.165) is 50.5 Å². The van der Waals surface area contributed by atoms with E-state index in [0.29, 0.717) is 22.8 Å². The van der Waals surface area contributed by atoms with Crippen LogP contribution in [0.4, 0.5) is 4.39 Å². The van der Waals surface area contributed by atoms with Crippen LogP contribution in [0.5, 0.6) is 0 Å². The average molecular weight is 582 g/mol. The van der Waals surface area contributed by atoms with Crippen LogP contribution in [0.3, 0.4) is 0 Å². The summed E-state index contributed by atoms with van der Waals surface area (Å²) in [5.41, 5.74) is 7.09. The Morgan fingerprint density at radius 3 is 2.44 bits per heavy atom. The number of benzene rings is 2. The maximum absolute atomic E-state index is 14.3. The minimum atomic E-state index is -0.703. The van der Waals surface area contributed by atoms with Gasteiger partial charge in [0.25, 0.3) is 11.8 Å². The van der Waals surface area contributed by atoms with Crippen molar-refractivity contribution in [2.45, 2.75) is 84.3 Å². The second kappa shape index (κ2) is 12.3. The number of carbonyl (C=O) groups excluding carboxylic acids is 2. The van der Waals surface area contributed by atoms with Crippen molar-refractivity contribution < 1.29 is 14.0 Å². The molecule has 0 aromatic heterocycles. The standard InChI is InChI=1S/C32H41ClFN5O2/c1-5-7-26(20-8-10-21(11-9-20)29(40)37-19-27(35)36)39-30(41)28(22-12-13-25(34)24(33)18-22)38-32(39)16-14-23(15-17-32)31(3,4)6-2/h8-13,18,23,26H,5-7,14-17,19H2,1-4H3,(H3,35,36)(H,37,40). The molecule has 7 nitrogen and oxygen atoms in total. The molecule has 4 rings (SSSR count). The van der Waals surface area contributed by atoms with Crippen molar-refractivity contribution in [3.05, 3.63) is 70.0 Å². The van der Waals surface area contributed by atoms with Gasteiger partial charge in [-0.1, -0.05) is 64.3 Å². The predicted octanol–water partition coefficient (Wildman–Crippen LogP) is 6.64. The van der Waals surface area contributed by atoms with Gasteiger partial charge in [-0.2, -0.15) is 0 Å². The third-order valence-electron chi connectivity index (χ3n) is 9.06. The van der Waals surface area contributed by atoms with Crippen LogP contribution >= 0.6 is 11.6 Å². The fourth-order valence-electron chi connectivity index (χ4n) is 6.23. The van der Waals surface area contributed by atoms with E-state index in [2.05, 4.69) is 33.0 Å².